The summed E-state index contributed by atoms with van der Waals surface area (Å²) in [6, 6.07) is 6.52. The zero-order chi connectivity index (χ0) is 13.7. The van der Waals surface area contributed by atoms with Crippen LogP contribution in [0.3, 0.4) is 0 Å². The molecule has 0 aromatic heterocycles. The van der Waals surface area contributed by atoms with Gasteiger partial charge >= 0.3 is 5.97 Å². The van der Waals surface area contributed by atoms with E-state index >= 15 is 0 Å². The van der Waals surface area contributed by atoms with Crippen LogP contribution in [-0.2, 0) is 4.79 Å². The Morgan fingerprint density at radius 3 is 2.67 bits per heavy atom. The van der Waals surface area contributed by atoms with Crippen molar-refractivity contribution >= 4 is 29.2 Å². The number of carboxylic acids is 1. The largest absolute Gasteiger partial charge is 0.481 e. The number of aliphatic carboxylic acids is 1. The summed E-state index contributed by atoms with van der Waals surface area (Å²) in [5.41, 5.74) is 0.694. The standard InChI is InChI=1S/C12H12Cl2N2O2/c1-16(5-4-12(17)18)11(7-15)8-2-3-9(13)10(14)6-8/h2-3,6,11H,4-5H2,1H3,(H,17,18). The van der Waals surface area contributed by atoms with Gasteiger partial charge in [0.15, 0.2) is 0 Å². The Balaban J connectivity index is 2.85. The van der Waals surface area contributed by atoms with Crippen LogP contribution in [0.15, 0.2) is 18.2 Å². The first kappa shape index (κ1) is 14.8. The molecule has 0 saturated carbocycles. The van der Waals surface area contributed by atoms with E-state index in [1.807, 2.05) is 0 Å². The van der Waals surface area contributed by atoms with Gasteiger partial charge in [-0.3, -0.25) is 9.69 Å². The average Bonchev–Trinajstić information content (AvgIpc) is 2.32. The molecular weight excluding hydrogens is 275 g/mol. The Bertz CT molecular complexity index is 485. The maximum absolute atomic E-state index is 10.5. The molecule has 0 amide bonds. The molecule has 4 nitrogen and oxygen atoms in total. The minimum Gasteiger partial charge on any atom is -0.481 e. The summed E-state index contributed by atoms with van der Waals surface area (Å²) < 4.78 is 0. The quantitative estimate of drug-likeness (QED) is 0.904. The van der Waals surface area contributed by atoms with E-state index in [1.54, 1.807) is 30.1 Å². The molecule has 0 fully saturated rings. The molecule has 18 heavy (non-hydrogen) atoms. The molecule has 1 unspecified atom stereocenters. The Hall–Kier alpha value is -1.28. The third kappa shape index (κ3) is 3.88. The summed E-state index contributed by atoms with van der Waals surface area (Å²) in [6.45, 7) is 0.286. The van der Waals surface area contributed by atoms with Crippen LogP contribution >= 0.6 is 23.2 Å². The highest BCUT2D eigenvalue weighted by Crippen LogP contribution is 2.27. The van der Waals surface area contributed by atoms with E-state index in [9.17, 15) is 4.79 Å². The molecule has 0 radical (unpaired) electrons. The van der Waals surface area contributed by atoms with Gasteiger partial charge in [-0.05, 0) is 24.7 Å². The van der Waals surface area contributed by atoms with E-state index in [2.05, 4.69) is 6.07 Å². The summed E-state index contributed by atoms with van der Waals surface area (Å²) in [6.07, 6.45) is -0.0179. The molecule has 96 valence electrons. The van der Waals surface area contributed by atoms with Crippen molar-refractivity contribution in [1.29, 1.82) is 5.26 Å². The lowest BCUT2D eigenvalue weighted by molar-refractivity contribution is -0.137. The highest BCUT2D eigenvalue weighted by atomic mass is 35.5. The summed E-state index contributed by atoms with van der Waals surface area (Å²) in [4.78, 5) is 12.2. The Kier molecular flexibility index (Phi) is 5.42. The maximum Gasteiger partial charge on any atom is 0.304 e. The minimum absolute atomic E-state index is 0.0179. The Labute approximate surface area is 115 Å². The van der Waals surface area contributed by atoms with Gasteiger partial charge in [0.05, 0.1) is 22.5 Å². The van der Waals surface area contributed by atoms with E-state index in [-0.39, 0.29) is 13.0 Å². The van der Waals surface area contributed by atoms with Crippen LogP contribution in [0.5, 0.6) is 0 Å². The number of carboxylic acid groups (broad SMARTS) is 1. The van der Waals surface area contributed by atoms with Crippen LogP contribution in [0.4, 0.5) is 0 Å². The molecule has 0 bridgehead atoms. The summed E-state index contributed by atoms with van der Waals surface area (Å²) in [5.74, 6) is -0.896. The molecule has 1 N–H and O–H groups in total. The second kappa shape index (κ2) is 6.60. The number of nitrogens with zero attached hydrogens (tertiary/aromatic N) is 2. The lowest BCUT2D eigenvalue weighted by atomic mass is 10.1. The monoisotopic (exact) mass is 286 g/mol. The fourth-order valence-electron chi connectivity index (χ4n) is 1.51. The zero-order valence-corrected chi connectivity index (χ0v) is 11.2. The first-order chi connectivity index (χ1) is 8.45. The lowest BCUT2D eigenvalue weighted by Gasteiger charge is -2.22. The van der Waals surface area contributed by atoms with E-state index in [4.69, 9.17) is 33.6 Å². The molecule has 0 aliphatic carbocycles. The first-order valence-corrected chi connectivity index (χ1v) is 5.98. The molecular formula is C12H12Cl2N2O2. The molecule has 0 saturated heterocycles. The summed E-state index contributed by atoms with van der Waals surface area (Å²) in [5, 5.41) is 18.6. The fraction of sp³-hybridized carbons (Fsp3) is 0.333. The van der Waals surface area contributed by atoms with Gasteiger partial charge in [0.1, 0.15) is 6.04 Å². The first-order valence-electron chi connectivity index (χ1n) is 5.22. The van der Waals surface area contributed by atoms with Gasteiger partial charge in [0.2, 0.25) is 0 Å². The predicted octanol–water partition coefficient (Wildman–Crippen LogP) is 2.96. The van der Waals surface area contributed by atoms with Crippen LogP contribution in [0.1, 0.15) is 18.0 Å². The molecule has 0 heterocycles. The van der Waals surface area contributed by atoms with E-state index in [0.29, 0.717) is 15.6 Å². The third-order valence-corrected chi connectivity index (χ3v) is 3.24. The molecule has 0 spiro atoms. The molecule has 1 aromatic carbocycles. The highest BCUT2D eigenvalue weighted by Gasteiger charge is 2.17. The van der Waals surface area contributed by atoms with Crippen LogP contribution in [0.2, 0.25) is 10.0 Å². The predicted molar refractivity (Wildman–Crippen MR) is 69.7 cm³/mol. The number of carbonyl (C=O) groups is 1. The van der Waals surface area contributed by atoms with Crippen molar-refractivity contribution in [2.24, 2.45) is 0 Å². The molecule has 1 aromatic rings. The average molecular weight is 287 g/mol. The van der Waals surface area contributed by atoms with Crippen molar-refractivity contribution in [2.45, 2.75) is 12.5 Å². The van der Waals surface area contributed by atoms with Gasteiger partial charge in [-0.1, -0.05) is 29.3 Å². The van der Waals surface area contributed by atoms with E-state index in [0.717, 1.165) is 0 Å². The van der Waals surface area contributed by atoms with Crippen molar-refractivity contribution in [2.75, 3.05) is 13.6 Å². The maximum atomic E-state index is 10.5. The molecule has 1 rings (SSSR count). The molecule has 0 aliphatic heterocycles. The van der Waals surface area contributed by atoms with Gasteiger partial charge in [-0.15, -0.1) is 0 Å². The summed E-state index contributed by atoms with van der Waals surface area (Å²) >= 11 is 11.7. The van der Waals surface area contributed by atoms with Gasteiger partial charge < -0.3 is 5.11 Å². The number of benzene rings is 1. The van der Waals surface area contributed by atoms with Crippen molar-refractivity contribution in [3.05, 3.63) is 33.8 Å². The highest BCUT2D eigenvalue weighted by molar-refractivity contribution is 6.42. The Morgan fingerprint density at radius 2 is 2.17 bits per heavy atom. The third-order valence-electron chi connectivity index (χ3n) is 2.50. The van der Waals surface area contributed by atoms with Crippen molar-refractivity contribution in [1.82, 2.24) is 4.90 Å². The number of rotatable bonds is 5. The number of hydrogen-bond acceptors (Lipinski definition) is 3. The smallest absolute Gasteiger partial charge is 0.304 e. The van der Waals surface area contributed by atoms with Crippen LogP contribution in [0, 0.1) is 11.3 Å². The van der Waals surface area contributed by atoms with Gasteiger partial charge in [-0.2, -0.15) is 5.26 Å². The number of hydrogen-bond donors (Lipinski definition) is 1. The second-order valence-electron chi connectivity index (χ2n) is 3.83. The van der Waals surface area contributed by atoms with Crippen LogP contribution < -0.4 is 0 Å². The van der Waals surface area contributed by atoms with Crippen molar-refractivity contribution < 1.29 is 9.90 Å². The van der Waals surface area contributed by atoms with Crippen LogP contribution in [-0.4, -0.2) is 29.6 Å². The van der Waals surface area contributed by atoms with E-state index in [1.165, 1.54) is 0 Å². The molecule has 6 heteroatoms. The normalized spacial score (nSPS) is 12.2. The Morgan fingerprint density at radius 1 is 1.50 bits per heavy atom. The SMILES string of the molecule is CN(CCC(=O)O)C(C#N)c1ccc(Cl)c(Cl)c1. The fourth-order valence-corrected chi connectivity index (χ4v) is 1.82. The second-order valence-corrected chi connectivity index (χ2v) is 4.64. The topological polar surface area (TPSA) is 64.3 Å². The summed E-state index contributed by atoms with van der Waals surface area (Å²) in [7, 11) is 1.69. The molecule has 1 atom stereocenters. The van der Waals surface area contributed by atoms with Gasteiger partial charge in [0.25, 0.3) is 0 Å². The lowest BCUT2D eigenvalue weighted by Crippen LogP contribution is -2.26. The number of nitriles is 1. The van der Waals surface area contributed by atoms with Crippen LogP contribution in [0.25, 0.3) is 0 Å². The molecule has 0 aliphatic rings. The van der Waals surface area contributed by atoms with Crippen molar-refractivity contribution in [3.63, 3.8) is 0 Å². The number of halogens is 2. The van der Waals surface area contributed by atoms with Crippen molar-refractivity contribution in [3.8, 4) is 6.07 Å². The van der Waals surface area contributed by atoms with E-state index < -0.39 is 12.0 Å². The van der Waals surface area contributed by atoms with Gasteiger partial charge in [0, 0.05) is 6.54 Å². The minimum atomic E-state index is -0.896. The zero-order valence-electron chi connectivity index (χ0n) is 9.73. The van der Waals surface area contributed by atoms with Gasteiger partial charge in [-0.25, -0.2) is 0 Å².